The van der Waals surface area contributed by atoms with Gasteiger partial charge in [-0.05, 0) is 12.1 Å². The third kappa shape index (κ3) is 3.98. The Bertz CT molecular complexity index is 1160. The van der Waals surface area contributed by atoms with Crippen LogP contribution in [0.2, 0.25) is 0 Å². The van der Waals surface area contributed by atoms with Gasteiger partial charge in [0.1, 0.15) is 5.82 Å². The maximum Gasteiger partial charge on any atom is 0.306 e. The van der Waals surface area contributed by atoms with Crippen molar-refractivity contribution in [1.29, 1.82) is 0 Å². The molecule has 1 N–H and O–H groups in total. The Morgan fingerprint density at radius 2 is 1.86 bits per heavy atom. The zero-order chi connectivity index (χ0) is 19.3. The van der Waals surface area contributed by atoms with Gasteiger partial charge in [0, 0.05) is 12.0 Å². The fourth-order valence-corrected chi connectivity index (χ4v) is 2.80. The Morgan fingerprint density at radius 1 is 1.07 bits per heavy atom. The lowest BCUT2D eigenvalue weighted by Crippen LogP contribution is -2.14. The van der Waals surface area contributed by atoms with Crippen LogP contribution in [0.4, 0.5) is 0 Å². The third-order valence-electron chi connectivity index (χ3n) is 4.20. The zero-order valence-corrected chi connectivity index (χ0v) is 14.9. The number of aromatic amines is 1. The number of benzene rings is 2. The second-order valence-electron chi connectivity index (χ2n) is 6.17. The highest BCUT2D eigenvalue weighted by atomic mass is 16.5. The molecule has 0 bridgehead atoms. The monoisotopic (exact) mass is 375 g/mol. The topological polar surface area (TPSA) is 98.1 Å². The Balaban J connectivity index is 1.33. The molecular weight excluding hydrogens is 358 g/mol. The molecule has 140 valence electrons. The van der Waals surface area contributed by atoms with Crippen molar-refractivity contribution in [2.45, 2.75) is 19.4 Å². The summed E-state index contributed by atoms with van der Waals surface area (Å²) in [6.07, 6.45) is 1.97. The summed E-state index contributed by atoms with van der Waals surface area (Å²) < 4.78 is 10.8. The van der Waals surface area contributed by atoms with Crippen molar-refractivity contribution in [3.05, 3.63) is 82.9 Å². The quantitative estimate of drug-likeness (QED) is 0.520. The molecule has 4 rings (SSSR count). The second kappa shape index (κ2) is 7.87. The van der Waals surface area contributed by atoms with E-state index in [4.69, 9.17) is 9.15 Å². The first-order valence-corrected chi connectivity index (χ1v) is 8.83. The molecule has 0 fully saturated rings. The van der Waals surface area contributed by atoms with Gasteiger partial charge in [-0.25, -0.2) is 9.97 Å². The Labute approximate surface area is 160 Å². The van der Waals surface area contributed by atoms with E-state index >= 15 is 0 Å². The highest BCUT2D eigenvalue weighted by molar-refractivity contribution is 5.77. The summed E-state index contributed by atoms with van der Waals surface area (Å²) in [4.78, 5) is 35.2. The van der Waals surface area contributed by atoms with Crippen LogP contribution in [0.15, 0.2) is 70.0 Å². The normalized spacial score (nSPS) is 10.9. The maximum atomic E-state index is 12.0. The molecular formula is C21H17N3O4. The van der Waals surface area contributed by atoms with Crippen LogP contribution < -0.4 is 5.56 Å². The summed E-state index contributed by atoms with van der Waals surface area (Å²) in [5, 5.41) is 0.520. The number of aryl methyl sites for hydroxylation is 1. The van der Waals surface area contributed by atoms with Gasteiger partial charge in [-0.2, -0.15) is 0 Å². The number of aromatic nitrogens is 3. The summed E-state index contributed by atoms with van der Waals surface area (Å²) in [7, 11) is 0. The lowest BCUT2D eigenvalue weighted by Gasteiger charge is -2.04. The van der Waals surface area contributed by atoms with Gasteiger partial charge in [0.05, 0.1) is 23.5 Å². The van der Waals surface area contributed by atoms with Gasteiger partial charge in [0.2, 0.25) is 5.89 Å². The Kier molecular flexibility index (Phi) is 4.97. The van der Waals surface area contributed by atoms with Crippen LogP contribution in [-0.4, -0.2) is 20.9 Å². The number of esters is 1. The fraction of sp³-hybridized carbons (Fsp3) is 0.143. The van der Waals surface area contributed by atoms with Crippen LogP contribution in [0.1, 0.15) is 18.1 Å². The van der Waals surface area contributed by atoms with E-state index in [1.54, 1.807) is 24.4 Å². The molecule has 0 saturated carbocycles. The van der Waals surface area contributed by atoms with Crippen LogP contribution in [0.3, 0.4) is 0 Å². The van der Waals surface area contributed by atoms with Crippen molar-refractivity contribution in [1.82, 2.24) is 15.0 Å². The zero-order valence-electron chi connectivity index (χ0n) is 14.9. The molecule has 0 aliphatic carbocycles. The van der Waals surface area contributed by atoms with Crippen LogP contribution in [0.5, 0.6) is 0 Å². The molecule has 7 nitrogen and oxygen atoms in total. The van der Waals surface area contributed by atoms with Crippen LogP contribution in [-0.2, 0) is 22.6 Å². The predicted molar refractivity (Wildman–Crippen MR) is 102 cm³/mol. The van der Waals surface area contributed by atoms with Crippen molar-refractivity contribution < 1.29 is 13.9 Å². The maximum absolute atomic E-state index is 12.0. The minimum absolute atomic E-state index is 0.0483. The molecule has 0 atom stereocenters. The molecule has 0 unspecified atom stereocenters. The van der Waals surface area contributed by atoms with Gasteiger partial charge < -0.3 is 14.1 Å². The second-order valence-corrected chi connectivity index (χ2v) is 6.17. The highest BCUT2D eigenvalue weighted by Crippen LogP contribution is 2.20. The minimum atomic E-state index is -0.421. The van der Waals surface area contributed by atoms with Crippen molar-refractivity contribution in [3.8, 4) is 11.3 Å². The number of hydrogen-bond acceptors (Lipinski definition) is 6. The molecule has 0 radical (unpaired) electrons. The Morgan fingerprint density at radius 3 is 2.71 bits per heavy atom. The molecule has 2 aromatic heterocycles. The smallest absolute Gasteiger partial charge is 0.306 e. The van der Waals surface area contributed by atoms with Crippen LogP contribution in [0, 0.1) is 0 Å². The van der Waals surface area contributed by atoms with E-state index in [0.29, 0.717) is 28.4 Å². The number of H-pyrrole nitrogens is 1. The number of nitrogens with zero attached hydrogens (tertiary/aromatic N) is 2. The van der Waals surface area contributed by atoms with E-state index in [9.17, 15) is 9.59 Å². The summed E-state index contributed by atoms with van der Waals surface area (Å²) in [5.41, 5.74) is 1.28. The molecule has 0 amide bonds. The van der Waals surface area contributed by atoms with Gasteiger partial charge in [0.25, 0.3) is 5.56 Å². The van der Waals surface area contributed by atoms with E-state index in [-0.39, 0.29) is 25.0 Å². The van der Waals surface area contributed by atoms with Crippen molar-refractivity contribution in [3.63, 3.8) is 0 Å². The number of para-hydroxylation sites is 1. The number of nitrogens with one attached hydrogen (secondary N) is 1. The van der Waals surface area contributed by atoms with Gasteiger partial charge in [0.15, 0.2) is 12.4 Å². The number of ether oxygens (including phenoxy) is 1. The first kappa shape index (κ1) is 17.7. The largest absolute Gasteiger partial charge is 0.456 e. The van der Waals surface area contributed by atoms with Crippen molar-refractivity contribution >= 4 is 16.9 Å². The van der Waals surface area contributed by atoms with E-state index in [1.807, 2.05) is 36.4 Å². The molecule has 0 saturated heterocycles. The number of fused-ring (bicyclic) bond motifs is 1. The van der Waals surface area contributed by atoms with Crippen molar-refractivity contribution in [2.75, 3.05) is 0 Å². The molecule has 0 aliphatic heterocycles. The number of oxazole rings is 1. The third-order valence-corrected chi connectivity index (χ3v) is 4.20. The first-order chi connectivity index (χ1) is 13.7. The average molecular weight is 375 g/mol. The number of rotatable bonds is 6. The number of hydrogen-bond donors (Lipinski definition) is 1. The molecule has 2 heterocycles. The van der Waals surface area contributed by atoms with Gasteiger partial charge in [-0.3, -0.25) is 9.59 Å². The highest BCUT2D eigenvalue weighted by Gasteiger charge is 2.11. The standard InChI is InChI=1S/C21H17N3O4/c25-20(11-10-18-23-16-9-5-4-8-15(16)21(26)24-18)27-13-19-22-12-17(28-19)14-6-2-1-3-7-14/h1-9,12H,10-11,13H2,(H,23,24,26). The van der Waals surface area contributed by atoms with E-state index in [2.05, 4.69) is 15.0 Å². The molecule has 0 aliphatic rings. The predicted octanol–water partition coefficient (Wildman–Crippen LogP) is 3.25. The van der Waals surface area contributed by atoms with Gasteiger partial charge in [-0.15, -0.1) is 0 Å². The Hall–Kier alpha value is -3.74. The number of carbonyl (C=O) groups excluding carboxylic acids is 1. The fourth-order valence-electron chi connectivity index (χ4n) is 2.80. The van der Waals surface area contributed by atoms with E-state index < -0.39 is 5.97 Å². The SMILES string of the molecule is O=C(CCc1nc2ccccc2c(=O)[nH]1)OCc1ncc(-c2ccccc2)o1. The number of carbonyl (C=O) groups is 1. The van der Waals surface area contributed by atoms with Crippen LogP contribution in [0.25, 0.3) is 22.2 Å². The average Bonchev–Trinajstić information content (AvgIpc) is 3.21. The summed E-state index contributed by atoms with van der Waals surface area (Å²) in [5.74, 6) is 0.965. The first-order valence-electron chi connectivity index (χ1n) is 8.83. The molecule has 2 aromatic carbocycles. The van der Waals surface area contributed by atoms with E-state index in [1.165, 1.54) is 0 Å². The van der Waals surface area contributed by atoms with E-state index in [0.717, 1.165) is 5.56 Å². The molecule has 0 spiro atoms. The van der Waals surface area contributed by atoms with Crippen LogP contribution >= 0.6 is 0 Å². The molecule has 28 heavy (non-hydrogen) atoms. The summed E-state index contributed by atoms with van der Waals surface area (Å²) in [6.45, 7) is -0.0483. The van der Waals surface area contributed by atoms with Gasteiger partial charge >= 0.3 is 5.97 Å². The molecule has 7 heteroatoms. The lowest BCUT2D eigenvalue weighted by atomic mass is 10.2. The lowest BCUT2D eigenvalue weighted by molar-refractivity contribution is -0.145. The minimum Gasteiger partial charge on any atom is -0.456 e. The summed E-state index contributed by atoms with van der Waals surface area (Å²) >= 11 is 0. The van der Waals surface area contributed by atoms with Gasteiger partial charge in [-0.1, -0.05) is 42.5 Å². The van der Waals surface area contributed by atoms with Crippen molar-refractivity contribution in [2.24, 2.45) is 0 Å². The molecule has 4 aromatic rings. The summed E-state index contributed by atoms with van der Waals surface area (Å²) in [6, 6.07) is 16.6.